The van der Waals surface area contributed by atoms with Crippen molar-refractivity contribution in [3.63, 3.8) is 0 Å². The number of aliphatic hydroxyl groups is 1. The van der Waals surface area contributed by atoms with Crippen molar-refractivity contribution in [1.82, 2.24) is 0 Å². The van der Waals surface area contributed by atoms with Gasteiger partial charge >= 0.3 is 0 Å². The van der Waals surface area contributed by atoms with Gasteiger partial charge in [-0.2, -0.15) is 0 Å². The van der Waals surface area contributed by atoms with Crippen molar-refractivity contribution in [3.05, 3.63) is 64.4 Å². The lowest BCUT2D eigenvalue weighted by atomic mass is 10.2. The van der Waals surface area contributed by atoms with Crippen molar-refractivity contribution >= 4 is 108 Å². The first-order chi connectivity index (χ1) is 11.7. The van der Waals surface area contributed by atoms with Gasteiger partial charge in [0, 0.05) is 24.6 Å². The molecule has 0 atom stereocenters. The molecular weight excluding hydrogens is 585 g/mol. The quantitative estimate of drug-likeness (QED) is 0.281. The lowest BCUT2D eigenvalue weighted by Gasteiger charge is -2.03. The van der Waals surface area contributed by atoms with Crippen LogP contribution in [0.2, 0.25) is 20.1 Å². The molecule has 0 aliphatic heterocycles. The van der Waals surface area contributed by atoms with E-state index in [4.69, 9.17) is 74.7 Å². The van der Waals surface area contributed by atoms with Gasteiger partial charge in [0.25, 0.3) is 0 Å². The van der Waals surface area contributed by atoms with Crippen molar-refractivity contribution in [2.75, 3.05) is 5.34 Å². The average Bonchev–Trinajstić information content (AvgIpc) is 2.47. The summed E-state index contributed by atoms with van der Waals surface area (Å²) in [6.07, 6.45) is 0.636. The Balaban J connectivity index is 0.000000399. The van der Waals surface area contributed by atoms with Crippen LogP contribution in [0.25, 0.3) is 0 Å². The summed E-state index contributed by atoms with van der Waals surface area (Å²) in [6.45, 7) is -0.134. The van der Waals surface area contributed by atoms with Crippen LogP contribution in [0.5, 0.6) is 0 Å². The van der Waals surface area contributed by atoms with Gasteiger partial charge in [0.15, 0.2) is 6.29 Å². The number of carbonyl (C=O) groups is 1. The predicted octanol–water partition coefficient (Wildman–Crippen LogP) is 8.24. The Morgan fingerprint density at radius 2 is 1.16 bits per heavy atom. The predicted molar refractivity (Wildman–Crippen MR) is 116 cm³/mol. The molecule has 25 heavy (non-hydrogen) atoms. The minimum Gasteiger partial charge on any atom is -0.392 e. The second kappa shape index (κ2) is 13.9. The molecule has 0 saturated carbocycles. The van der Waals surface area contributed by atoms with Crippen LogP contribution < -0.4 is 0 Å². The molecule has 0 bridgehead atoms. The third-order valence-corrected chi connectivity index (χ3v) is 4.64. The van der Waals surface area contributed by atoms with Crippen molar-refractivity contribution in [1.29, 1.82) is 0 Å². The minimum absolute atomic E-state index is 0.134. The lowest BCUT2D eigenvalue weighted by molar-refractivity contribution is 0.112. The number of aldehydes is 1. The van der Waals surface area contributed by atoms with Crippen LogP contribution in [0.1, 0.15) is 15.9 Å². The topological polar surface area (TPSA) is 37.3 Å². The summed E-state index contributed by atoms with van der Waals surface area (Å²) in [4.78, 5) is 10.4. The van der Waals surface area contributed by atoms with Gasteiger partial charge in [-0.1, -0.05) is 78.3 Å². The smallest absolute Gasteiger partial charge is 0.153 e. The number of aliphatic hydroxyl groups excluding tert-OH is 1. The minimum atomic E-state index is -0.134. The van der Waals surface area contributed by atoms with Crippen LogP contribution in [-0.4, -0.2) is 16.7 Å². The summed E-state index contributed by atoms with van der Waals surface area (Å²) >= 11 is 38.8. The summed E-state index contributed by atoms with van der Waals surface area (Å²) in [5.74, 6) is 0. The zero-order valence-corrected chi connectivity index (χ0v) is 19.9. The van der Waals surface area contributed by atoms with E-state index in [1.165, 1.54) is 0 Å². The summed E-state index contributed by atoms with van der Waals surface area (Å²) in [6, 6.07) is 6.63. The Bertz CT molecular complexity index is 666. The molecule has 2 aromatic rings. The maximum absolute atomic E-state index is 10.4. The summed E-state index contributed by atoms with van der Waals surface area (Å²) < 4.78 is 1.57. The summed E-state index contributed by atoms with van der Waals surface area (Å²) in [5.41, 5.74) is 0.896. The maximum atomic E-state index is 10.4. The van der Waals surface area contributed by atoms with Gasteiger partial charge in [-0.25, -0.2) is 0 Å². The molecule has 2 nitrogen and oxygen atoms in total. The van der Waals surface area contributed by atoms with E-state index in [9.17, 15) is 4.79 Å². The van der Waals surface area contributed by atoms with Crippen LogP contribution in [0.3, 0.4) is 0 Å². The van der Waals surface area contributed by atoms with Crippen molar-refractivity contribution in [2.24, 2.45) is 0 Å². The maximum Gasteiger partial charge on any atom is 0.153 e. The number of alkyl halides is 2. The molecule has 0 saturated heterocycles. The first-order valence-corrected chi connectivity index (χ1v) is 10.3. The second-order valence-corrected chi connectivity index (χ2v) is 8.28. The van der Waals surface area contributed by atoms with Gasteiger partial charge in [-0.05, 0) is 24.3 Å². The number of rotatable bonds is 2. The molecule has 2 rings (SSSR count). The summed E-state index contributed by atoms with van der Waals surface area (Å²) in [5, 5.41) is 10.7. The van der Waals surface area contributed by atoms with Crippen LogP contribution in [0.15, 0.2) is 33.2 Å². The van der Waals surface area contributed by atoms with Crippen molar-refractivity contribution in [3.8, 4) is 0 Å². The Morgan fingerprint density at radius 3 is 1.44 bits per heavy atom. The fraction of sp³-hybridized carbons (Fsp3) is 0.133. The largest absolute Gasteiger partial charge is 0.392 e. The molecule has 2 aromatic carbocycles. The van der Waals surface area contributed by atoms with Crippen LogP contribution in [-0.2, 0) is 6.61 Å². The molecule has 10 heteroatoms. The van der Waals surface area contributed by atoms with Gasteiger partial charge < -0.3 is 5.11 Å². The van der Waals surface area contributed by atoms with E-state index < -0.39 is 0 Å². The second-order valence-electron chi connectivity index (χ2n) is 4.01. The average molecular weight is 595 g/mol. The van der Waals surface area contributed by atoms with Gasteiger partial charge in [0.2, 0.25) is 0 Å². The van der Waals surface area contributed by atoms with Gasteiger partial charge in [0.1, 0.15) is 0 Å². The Labute approximate surface area is 192 Å². The summed E-state index contributed by atoms with van der Waals surface area (Å²) in [7, 11) is 0. The third kappa shape index (κ3) is 9.50. The van der Waals surface area contributed by atoms with E-state index in [1.807, 2.05) is 0 Å². The van der Waals surface area contributed by atoms with Gasteiger partial charge in [-0.3, -0.25) is 4.79 Å². The monoisotopic (exact) mass is 590 g/mol. The lowest BCUT2D eigenvalue weighted by Crippen LogP contribution is -1.86. The Hall–Kier alpha value is 0.770. The third-order valence-electron chi connectivity index (χ3n) is 2.43. The van der Waals surface area contributed by atoms with E-state index in [0.29, 0.717) is 37.5 Å². The molecule has 138 valence electrons. The highest BCUT2D eigenvalue weighted by atomic mass is 79.9. The zero-order chi connectivity index (χ0) is 19.6. The molecule has 0 heterocycles. The zero-order valence-electron chi connectivity index (χ0n) is 12.2. The van der Waals surface area contributed by atoms with Crippen LogP contribution in [0, 0.1) is 0 Å². The molecule has 0 fully saturated rings. The van der Waals surface area contributed by atoms with E-state index in [-0.39, 0.29) is 11.9 Å². The van der Waals surface area contributed by atoms with Crippen molar-refractivity contribution < 1.29 is 9.90 Å². The number of halogens is 8. The SMILES string of the molecule is ClCCl.O=Cc1c(Cl)cc(Br)cc1Cl.OCc1c(Cl)cc(Br)cc1Cl. The fourth-order valence-electron chi connectivity index (χ4n) is 1.39. The Morgan fingerprint density at radius 1 is 0.840 bits per heavy atom. The molecule has 0 aliphatic carbocycles. The first-order valence-electron chi connectivity index (χ1n) is 6.17. The van der Waals surface area contributed by atoms with E-state index >= 15 is 0 Å². The molecule has 0 amide bonds. The van der Waals surface area contributed by atoms with E-state index in [0.717, 1.165) is 8.95 Å². The number of hydrogen-bond acceptors (Lipinski definition) is 2. The molecule has 1 N–H and O–H groups in total. The van der Waals surface area contributed by atoms with Crippen molar-refractivity contribution in [2.45, 2.75) is 6.61 Å². The molecule has 0 aliphatic rings. The first kappa shape index (κ1) is 25.8. The highest BCUT2D eigenvalue weighted by Gasteiger charge is 2.05. The van der Waals surface area contributed by atoms with Gasteiger partial charge in [0.05, 0.1) is 27.6 Å². The standard InChI is InChI=1S/C7H5BrCl2O.C7H3BrCl2O.CH2Cl2/c2*8-4-1-6(9)5(3-11)7(10)2-4;2-1-3/h1-2,11H,3H2;1-3H;1H2. The number of carbonyl (C=O) groups excluding carboxylic acids is 1. The Kier molecular flexibility index (Phi) is 14.3. The van der Waals surface area contributed by atoms with E-state index in [1.54, 1.807) is 24.3 Å². The normalized spacial score (nSPS) is 9.48. The fourth-order valence-corrected chi connectivity index (χ4v) is 4.01. The molecular formula is C15H10Br2Cl6O2. The van der Waals surface area contributed by atoms with Crippen LogP contribution in [0.4, 0.5) is 0 Å². The molecule has 0 spiro atoms. The molecule has 0 radical (unpaired) electrons. The molecule has 0 aromatic heterocycles. The molecule has 0 unspecified atom stereocenters. The van der Waals surface area contributed by atoms with Crippen LogP contribution >= 0.6 is 101 Å². The number of benzene rings is 2. The van der Waals surface area contributed by atoms with E-state index in [2.05, 4.69) is 31.9 Å². The number of hydrogen-bond donors (Lipinski definition) is 1. The highest BCUT2D eigenvalue weighted by molar-refractivity contribution is 9.10. The highest BCUT2D eigenvalue weighted by Crippen LogP contribution is 2.29. The van der Waals surface area contributed by atoms with Gasteiger partial charge in [-0.15, -0.1) is 23.2 Å².